The van der Waals surface area contributed by atoms with Gasteiger partial charge < -0.3 is 5.11 Å². The van der Waals surface area contributed by atoms with E-state index in [4.69, 9.17) is 0 Å². The fourth-order valence-electron chi connectivity index (χ4n) is 5.31. The van der Waals surface area contributed by atoms with Gasteiger partial charge in [-0.25, -0.2) is 13.1 Å². The third kappa shape index (κ3) is 4.65. The van der Waals surface area contributed by atoms with Gasteiger partial charge in [0.15, 0.2) is 0 Å². The first-order valence-electron chi connectivity index (χ1n) is 12.3. The lowest BCUT2D eigenvalue weighted by Crippen LogP contribution is -2.31. The molecule has 4 aromatic rings. The number of sulfonamides is 1. The number of aliphatic carboxylic acids is 1. The Balaban J connectivity index is 1.54. The summed E-state index contributed by atoms with van der Waals surface area (Å²) in [5.74, 6) is -1.32. The zero-order valence-corrected chi connectivity index (χ0v) is 22.0. The summed E-state index contributed by atoms with van der Waals surface area (Å²) in [6.45, 7) is 4.57. The van der Waals surface area contributed by atoms with Crippen molar-refractivity contribution >= 4 is 27.0 Å². The first-order valence-corrected chi connectivity index (χ1v) is 13.8. The van der Waals surface area contributed by atoms with Gasteiger partial charge in [0, 0.05) is 26.1 Å². The third-order valence-electron chi connectivity index (χ3n) is 7.40. The summed E-state index contributed by atoms with van der Waals surface area (Å²) in [6.07, 6.45) is 1.37. The summed E-state index contributed by atoms with van der Waals surface area (Å²) in [5, 5.41) is 18.2. The van der Waals surface area contributed by atoms with Gasteiger partial charge >= 0.3 is 5.97 Å². The van der Waals surface area contributed by atoms with E-state index in [2.05, 4.69) is 10.3 Å². The van der Waals surface area contributed by atoms with Crippen LogP contribution in [0.15, 0.2) is 59.5 Å². The normalized spacial score (nSPS) is 16.3. The monoisotopic (exact) mass is 518 g/mol. The lowest BCUT2D eigenvalue weighted by atomic mass is 9.84. The molecule has 0 aliphatic carbocycles. The van der Waals surface area contributed by atoms with E-state index in [9.17, 15) is 18.3 Å². The highest BCUT2D eigenvalue weighted by molar-refractivity contribution is 7.89. The predicted molar refractivity (Wildman–Crippen MR) is 141 cm³/mol. The van der Waals surface area contributed by atoms with Gasteiger partial charge in [0.05, 0.1) is 16.8 Å². The van der Waals surface area contributed by atoms with Gasteiger partial charge in [-0.05, 0) is 72.2 Å². The van der Waals surface area contributed by atoms with Gasteiger partial charge in [0.1, 0.15) is 5.52 Å². The second-order valence-electron chi connectivity index (χ2n) is 9.75. The summed E-state index contributed by atoms with van der Waals surface area (Å²) in [6, 6.07) is 16.9. The number of aromatic nitrogens is 3. The van der Waals surface area contributed by atoms with Crippen molar-refractivity contribution in [1.82, 2.24) is 19.3 Å². The molecule has 1 atom stereocenters. The minimum atomic E-state index is -3.65. The standard InChI is InChI=1S/C28H30N4O4S/c1-18-10-11-21(24(16-27(33)34)23-12-13-25-28(19(23)2)29-30-31(25)3)15-22(18)17-32-14-6-8-20-7-4-5-9-26(20)37(32,35)36/h4-5,7,9-13,15,24H,6,8,14,16-17H2,1-3H3,(H,33,34). The van der Waals surface area contributed by atoms with Crippen molar-refractivity contribution in [3.8, 4) is 0 Å². The van der Waals surface area contributed by atoms with Crippen molar-refractivity contribution in [2.75, 3.05) is 6.54 Å². The van der Waals surface area contributed by atoms with E-state index in [1.807, 2.05) is 63.4 Å². The molecule has 1 unspecified atom stereocenters. The van der Waals surface area contributed by atoms with Crippen LogP contribution in [0.1, 0.15) is 52.1 Å². The molecule has 1 aliphatic rings. The highest BCUT2D eigenvalue weighted by atomic mass is 32.2. The van der Waals surface area contributed by atoms with E-state index in [0.717, 1.165) is 57.3 Å². The smallest absolute Gasteiger partial charge is 0.304 e. The average molecular weight is 519 g/mol. The van der Waals surface area contributed by atoms with E-state index in [0.29, 0.717) is 11.4 Å². The van der Waals surface area contributed by atoms with Gasteiger partial charge in [-0.2, -0.15) is 4.31 Å². The zero-order valence-electron chi connectivity index (χ0n) is 21.2. The topological polar surface area (TPSA) is 105 Å². The van der Waals surface area contributed by atoms with Crippen LogP contribution in [0.5, 0.6) is 0 Å². The maximum atomic E-state index is 13.5. The molecular weight excluding hydrogens is 488 g/mol. The van der Waals surface area contributed by atoms with Crippen molar-refractivity contribution in [2.24, 2.45) is 7.05 Å². The molecule has 0 saturated carbocycles. The molecule has 0 spiro atoms. The number of nitrogens with zero attached hydrogens (tertiary/aromatic N) is 4. The molecule has 1 aromatic heterocycles. The minimum Gasteiger partial charge on any atom is -0.481 e. The van der Waals surface area contributed by atoms with Crippen LogP contribution in [-0.2, 0) is 34.8 Å². The van der Waals surface area contributed by atoms with E-state index >= 15 is 0 Å². The van der Waals surface area contributed by atoms with Crippen LogP contribution in [0.3, 0.4) is 0 Å². The average Bonchev–Trinajstić information content (AvgIpc) is 3.19. The lowest BCUT2D eigenvalue weighted by molar-refractivity contribution is -0.137. The van der Waals surface area contributed by atoms with Crippen LogP contribution < -0.4 is 0 Å². The van der Waals surface area contributed by atoms with E-state index in [1.165, 1.54) is 0 Å². The summed E-state index contributed by atoms with van der Waals surface area (Å²) in [5.41, 5.74) is 6.92. The Labute approximate surface area is 216 Å². The molecular formula is C28H30N4O4S. The molecule has 192 valence electrons. The van der Waals surface area contributed by atoms with Crippen molar-refractivity contribution in [1.29, 1.82) is 0 Å². The molecule has 37 heavy (non-hydrogen) atoms. The van der Waals surface area contributed by atoms with Crippen molar-refractivity contribution in [3.63, 3.8) is 0 Å². The Bertz CT molecular complexity index is 1610. The highest BCUT2D eigenvalue weighted by Gasteiger charge is 2.30. The summed E-state index contributed by atoms with van der Waals surface area (Å²) >= 11 is 0. The van der Waals surface area contributed by atoms with E-state index in [1.54, 1.807) is 21.1 Å². The summed E-state index contributed by atoms with van der Waals surface area (Å²) in [4.78, 5) is 12.3. The molecule has 0 saturated heterocycles. The molecule has 1 aliphatic heterocycles. The fraction of sp³-hybridized carbons (Fsp3) is 0.321. The molecule has 0 amide bonds. The van der Waals surface area contributed by atoms with Crippen molar-refractivity contribution in [2.45, 2.75) is 50.5 Å². The van der Waals surface area contributed by atoms with E-state index in [-0.39, 0.29) is 13.0 Å². The van der Waals surface area contributed by atoms with Crippen molar-refractivity contribution < 1.29 is 18.3 Å². The Morgan fingerprint density at radius 1 is 1.11 bits per heavy atom. The van der Waals surface area contributed by atoms with E-state index < -0.39 is 21.9 Å². The number of benzene rings is 3. The largest absolute Gasteiger partial charge is 0.481 e. The molecule has 0 radical (unpaired) electrons. The van der Waals surface area contributed by atoms with Crippen molar-refractivity contribution in [3.05, 3.63) is 88.0 Å². The third-order valence-corrected chi connectivity index (χ3v) is 9.35. The maximum Gasteiger partial charge on any atom is 0.304 e. The maximum absolute atomic E-state index is 13.5. The predicted octanol–water partition coefficient (Wildman–Crippen LogP) is 4.33. The molecule has 5 rings (SSSR count). The highest BCUT2D eigenvalue weighted by Crippen LogP contribution is 2.35. The first kappa shape index (κ1) is 25.1. The van der Waals surface area contributed by atoms with Gasteiger partial charge in [-0.1, -0.05) is 47.7 Å². The van der Waals surface area contributed by atoms with Crippen LogP contribution in [0, 0.1) is 13.8 Å². The van der Waals surface area contributed by atoms with Crippen LogP contribution in [0.4, 0.5) is 0 Å². The first-order chi connectivity index (χ1) is 17.7. The Hall–Kier alpha value is -3.56. The Morgan fingerprint density at radius 2 is 1.89 bits per heavy atom. The fourth-order valence-corrected chi connectivity index (χ4v) is 7.02. The number of hydrogen-bond donors (Lipinski definition) is 1. The van der Waals surface area contributed by atoms with Crippen LogP contribution in [0.25, 0.3) is 11.0 Å². The van der Waals surface area contributed by atoms with Crippen LogP contribution in [0.2, 0.25) is 0 Å². The molecule has 2 heterocycles. The van der Waals surface area contributed by atoms with Gasteiger partial charge in [0.25, 0.3) is 0 Å². The number of carboxylic acid groups (broad SMARTS) is 1. The SMILES string of the molecule is Cc1ccc(C(CC(=O)O)c2ccc3c(nnn3C)c2C)cc1CN1CCCc2ccccc2S1(=O)=O. The number of carbonyl (C=O) groups is 1. The molecule has 0 bridgehead atoms. The number of aryl methyl sites for hydroxylation is 4. The molecule has 3 aromatic carbocycles. The van der Waals surface area contributed by atoms with Gasteiger partial charge in [0.2, 0.25) is 10.0 Å². The van der Waals surface area contributed by atoms with Gasteiger partial charge in [-0.15, -0.1) is 5.10 Å². The zero-order chi connectivity index (χ0) is 26.3. The number of carboxylic acids is 1. The number of hydrogen-bond acceptors (Lipinski definition) is 5. The number of fused-ring (bicyclic) bond motifs is 2. The van der Waals surface area contributed by atoms with Gasteiger partial charge in [-0.3, -0.25) is 4.79 Å². The molecule has 0 fully saturated rings. The molecule has 1 N–H and O–H groups in total. The lowest BCUT2D eigenvalue weighted by Gasteiger charge is -2.24. The summed E-state index contributed by atoms with van der Waals surface area (Å²) < 4.78 is 30.3. The van der Waals surface area contributed by atoms with Crippen LogP contribution in [-0.4, -0.2) is 45.3 Å². The number of rotatable bonds is 6. The Morgan fingerprint density at radius 3 is 2.68 bits per heavy atom. The summed E-state index contributed by atoms with van der Waals surface area (Å²) in [7, 11) is -1.82. The molecule has 9 heteroatoms. The second kappa shape index (κ2) is 9.72. The minimum absolute atomic E-state index is 0.0928. The quantitative estimate of drug-likeness (QED) is 0.407. The second-order valence-corrected chi connectivity index (χ2v) is 11.7. The van der Waals surface area contributed by atoms with Crippen LogP contribution >= 0.6 is 0 Å². The molecule has 8 nitrogen and oxygen atoms in total. The Kier molecular flexibility index (Phi) is 6.59.